The fraction of sp³-hybridized carbons (Fsp3) is 0.167. The Balaban J connectivity index is 1.93. The summed E-state index contributed by atoms with van der Waals surface area (Å²) in [4.78, 5) is 50.3. The molecule has 2 aromatic heterocycles. The van der Waals surface area contributed by atoms with Crippen LogP contribution in [0.5, 0.6) is 0 Å². The lowest BCUT2D eigenvalue weighted by Gasteiger charge is -2.08. The first-order chi connectivity index (χ1) is 15.8. The second-order valence-corrected chi connectivity index (χ2v) is 8.26. The third-order valence-electron chi connectivity index (χ3n) is 4.93. The van der Waals surface area contributed by atoms with Crippen LogP contribution in [0.2, 0.25) is 0 Å². The number of hydrogen-bond acceptors (Lipinski definition) is 5. The van der Waals surface area contributed by atoms with E-state index in [1.165, 1.54) is 22.7 Å². The van der Waals surface area contributed by atoms with Crippen LogP contribution in [0.3, 0.4) is 0 Å². The Labute approximate surface area is 193 Å². The first kappa shape index (κ1) is 23.7. The summed E-state index contributed by atoms with van der Waals surface area (Å²) in [5.74, 6) is -1.41. The minimum atomic E-state index is -1.06. The molecule has 0 radical (unpaired) electrons. The van der Waals surface area contributed by atoms with Gasteiger partial charge in [-0.3, -0.25) is 18.6 Å². The molecule has 2 N–H and O–H groups in total. The maximum Gasteiger partial charge on any atom is 0.336 e. The topological polar surface area (TPSA) is 110 Å². The number of aryl methyl sites for hydroxylation is 1. The summed E-state index contributed by atoms with van der Waals surface area (Å²) in [7, 11) is 0. The molecule has 0 spiro atoms. The number of thiazole rings is 1. The summed E-state index contributed by atoms with van der Waals surface area (Å²) in [6.45, 7) is 7.41. The van der Waals surface area contributed by atoms with Gasteiger partial charge in [0.1, 0.15) is 9.71 Å². The van der Waals surface area contributed by atoms with Gasteiger partial charge in [-0.25, -0.2) is 9.59 Å². The first-order valence-corrected chi connectivity index (χ1v) is 10.9. The second-order valence-electron chi connectivity index (χ2n) is 7.23. The molecule has 0 saturated carbocycles. The second kappa shape index (κ2) is 10.1. The Morgan fingerprint density at radius 2 is 1.91 bits per heavy atom. The minimum Gasteiger partial charge on any atom is -0.478 e. The Hall–Kier alpha value is -3.98. The molecule has 0 bridgehead atoms. The van der Waals surface area contributed by atoms with E-state index in [2.05, 4.69) is 11.9 Å². The number of hydrogen-bond donors (Lipinski definition) is 2. The number of aromatic carboxylic acids is 1. The average molecular weight is 466 g/mol. The molecule has 0 aliphatic carbocycles. The molecule has 0 atom stereocenters. The molecule has 0 saturated heterocycles. The van der Waals surface area contributed by atoms with Crippen molar-refractivity contribution in [1.82, 2.24) is 14.3 Å². The van der Waals surface area contributed by atoms with Gasteiger partial charge in [-0.05, 0) is 37.1 Å². The van der Waals surface area contributed by atoms with Gasteiger partial charge in [-0.2, -0.15) is 0 Å². The zero-order chi connectivity index (χ0) is 24.1. The quantitative estimate of drug-likeness (QED) is 0.497. The molecule has 1 aromatic carbocycles. The van der Waals surface area contributed by atoms with E-state index < -0.39 is 17.2 Å². The summed E-state index contributed by atoms with van der Waals surface area (Å²) in [6.07, 6.45) is 8.56. The van der Waals surface area contributed by atoms with Crippen LogP contribution >= 0.6 is 11.3 Å². The summed E-state index contributed by atoms with van der Waals surface area (Å²) in [5.41, 5.74) is 0.909. The number of benzene rings is 1. The molecular formula is C24H23N3O5S. The van der Waals surface area contributed by atoms with Gasteiger partial charge >= 0.3 is 11.7 Å². The number of carboxylic acid groups (broad SMARTS) is 1. The molecule has 8 nitrogen and oxygen atoms in total. The van der Waals surface area contributed by atoms with Gasteiger partial charge in [0, 0.05) is 18.3 Å². The zero-order valence-electron chi connectivity index (χ0n) is 18.2. The van der Waals surface area contributed by atoms with Crippen molar-refractivity contribution < 1.29 is 14.7 Å². The van der Waals surface area contributed by atoms with Crippen molar-refractivity contribution in [3.05, 3.63) is 109 Å². The number of rotatable bonds is 8. The fourth-order valence-electron chi connectivity index (χ4n) is 3.25. The van der Waals surface area contributed by atoms with E-state index in [1.807, 2.05) is 19.1 Å². The van der Waals surface area contributed by atoms with Crippen LogP contribution < -0.4 is 16.6 Å². The highest BCUT2D eigenvalue weighted by Gasteiger charge is 2.18. The predicted octanol–water partition coefficient (Wildman–Crippen LogP) is 3.00. The van der Waals surface area contributed by atoms with Crippen LogP contribution in [-0.2, 0) is 6.54 Å². The van der Waals surface area contributed by atoms with Gasteiger partial charge in [0.25, 0.3) is 11.5 Å². The van der Waals surface area contributed by atoms with Crippen LogP contribution in [0.4, 0.5) is 0 Å². The van der Waals surface area contributed by atoms with Crippen LogP contribution in [-0.4, -0.2) is 32.5 Å². The van der Waals surface area contributed by atoms with E-state index in [1.54, 1.807) is 31.2 Å². The first-order valence-electron chi connectivity index (χ1n) is 10.1. The Morgan fingerprint density at radius 1 is 1.21 bits per heavy atom. The molecule has 0 aliphatic rings. The van der Waals surface area contributed by atoms with Crippen LogP contribution in [0.15, 0.2) is 76.5 Å². The highest BCUT2D eigenvalue weighted by atomic mass is 32.1. The van der Waals surface area contributed by atoms with Crippen LogP contribution in [0.1, 0.15) is 38.1 Å². The molecule has 0 fully saturated rings. The molecule has 170 valence electrons. The van der Waals surface area contributed by atoms with Gasteiger partial charge in [-0.1, -0.05) is 43.0 Å². The predicted molar refractivity (Wildman–Crippen MR) is 128 cm³/mol. The molecule has 1 amide bonds. The molecule has 33 heavy (non-hydrogen) atoms. The summed E-state index contributed by atoms with van der Waals surface area (Å²) >= 11 is 1.07. The monoisotopic (exact) mass is 465 g/mol. The number of aromatic nitrogens is 2. The number of fused-ring (bicyclic) bond motifs is 1. The maximum absolute atomic E-state index is 13.0. The van der Waals surface area contributed by atoms with Crippen molar-refractivity contribution in [2.45, 2.75) is 20.4 Å². The van der Waals surface area contributed by atoms with Crippen molar-refractivity contribution in [1.29, 1.82) is 0 Å². The number of amides is 1. The SMILES string of the molecule is C=C/C=C(\C=C/C)CNC(=O)c1cn2c(=O)n(Cc3ccc(C(=O)O)cc3)c(=O)c(C)c2s1. The third kappa shape index (κ3) is 5.09. The maximum atomic E-state index is 13.0. The van der Waals surface area contributed by atoms with Crippen LogP contribution in [0, 0.1) is 6.92 Å². The molecule has 0 unspecified atom stereocenters. The van der Waals surface area contributed by atoms with Gasteiger partial charge in [0.05, 0.1) is 12.1 Å². The molecular weight excluding hydrogens is 442 g/mol. The van der Waals surface area contributed by atoms with Crippen molar-refractivity contribution in [3.8, 4) is 0 Å². The Kier molecular flexibility index (Phi) is 7.24. The number of nitrogens with one attached hydrogen (secondary N) is 1. The number of carboxylic acids is 1. The molecule has 3 aromatic rings. The molecule has 3 rings (SSSR count). The van der Waals surface area contributed by atoms with Gasteiger partial charge in [0.2, 0.25) is 0 Å². The highest BCUT2D eigenvalue weighted by Crippen LogP contribution is 2.18. The number of carbonyl (C=O) groups is 2. The lowest BCUT2D eigenvalue weighted by atomic mass is 10.1. The van der Waals surface area contributed by atoms with Gasteiger partial charge < -0.3 is 10.4 Å². The molecule has 2 heterocycles. The van der Waals surface area contributed by atoms with E-state index in [-0.39, 0.29) is 24.6 Å². The number of nitrogens with zero attached hydrogens (tertiary/aromatic N) is 2. The molecule has 9 heteroatoms. The van der Waals surface area contributed by atoms with E-state index in [0.29, 0.717) is 20.8 Å². The number of carbonyl (C=O) groups excluding carboxylic acids is 1. The number of allylic oxidation sites excluding steroid dienone is 3. The average Bonchev–Trinajstić information content (AvgIpc) is 3.25. The lowest BCUT2D eigenvalue weighted by molar-refractivity contribution is 0.0696. The minimum absolute atomic E-state index is 0.0161. The fourth-order valence-corrected chi connectivity index (χ4v) is 4.25. The van der Waals surface area contributed by atoms with Crippen LogP contribution in [0.25, 0.3) is 4.83 Å². The van der Waals surface area contributed by atoms with Crippen molar-refractivity contribution in [3.63, 3.8) is 0 Å². The Bertz CT molecular complexity index is 1400. The van der Waals surface area contributed by atoms with E-state index in [0.717, 1.165) is 21.5 Å². The normalized spacial score (nSPS) is 11.8. The van der Waals surface area contributed by atoms with E-state index in [4.69, 9.17) is 5.11 Å². The third-order valence-corrected chi connectivity index (χ3v) is 6.13. The Morgan fingerprint density at radius 3 is 2.52 bits per heavy atom. The molecule has 0 aliphatic heterocycles. The van der Waals surface area contributed by atoms with Crippen molar-refractivity contribution in [2.24, 2.45) is 0 Å². The van der Waals surface area contributed by atoms with Crippen molar-refractivity contribution in [2.75, 3.05) is 6.54 Å². The van der Waals surface area contributed by atoms with Gasteiger partial charge in [-0.15, -0.1) is 11.3 Å². The van der Waals surface area contributed by atoms with Gasteiger partial charge in [0.15, 0.2) is 0 Å². The summed E-state index contributed by atoms with van der Waals surface area (Å²) in [5, 5.41) is 11.8. The summed E-state index contributed by atoms with van der Waals surface area (Å²) < 4.78 is 2.37. The zero-order valence-corrected chi connectivity index (χ0v) is 19.0. The van der Waals surface area contributed by atoms with E-state index >= 15 is 0 Å². The highest BCUT2D eigenvalue weighted by molar-refractivity contribution is 7.19. The lowest BCUT2D eigenvalue weighted by Crippen LogP contribution is -2.38. The van der Waals surface area contributed by atoms with E-state index in [9.17, 15) is 19.2 Å². The summed E-state index contributed by atoms with van der Waals surface area (Å²) in [6, 6.07) is 5.96. The standard InChI is InChI=1S/C24H23N3O5S/c1-4-6-16(7-5-2)12-25-20(28)19-14-27-22(33-19)15(3)21(29)26(24(27)32)13-17-8-10-18(11-9-17)23(30)31/h4-11,14H,1,12-13H2,2-3H3,(H,25,28)(H,30,31)/b7-5-,16-6+. The van der Waals surface area contributed by atoms with Crippen molar-refractivity contribution >= 4 is 28.0 Å². The smallest absolute Gasteiger partial charge is 0.336 e. The largest absolute Gasteiger partial charge is 0.478 e.